The fourth-order valence-corrected chi connectivity index (χ4v) is 2.69. The monoisotopic (exact) mass is 452 g/mol. The molecule has 0 heterocycles. The third-order valence-electron chi connectivity index (χ3n) is 4.28. The average molecular weight is 453 g/mol. The smallest absolute Gasteiger partial charge is 0.325 e. The predicted octanol–water partition coefficient (Wildman–Crippen LogP) is 3.20. The van der Waals surface area contributed by atoms with Crippen LogP contribution in [-0.4, -0.2) is 41.9 Å². The molecule has 154 valence electrons. The number of aliphatic hydroxyl groups is 1. The van der Waals surface area contributed by atoms with E-state index < -0.39 is 6.10 Å². The van der Waals surface area contributed by atoms with Crippen LogP contribution in [0.1, 0.15) is 31.1 Å². The fourth-order valence-electron chi connectivity index (χ4n) is 2.69. The number of halogens is 1. The number of phenols is 1. The maximum Gasteiger partial charge on any atom is 0.325 e. The first-order valence-electron chi connectivity index (χ1n) is 9.18. The standard InChI is InChI=1S/C21H28N2O4.BrH/c1-3-27-20(25)14-23-18-8-4-16(5-9-18)12-13-22-15(2)21(26)17-6-10-19(24)11-7-17;/h4-11,15,21-24,26H,3,12-14H2,1-2H3;1H/t15-,21-;/m0./s1. The van der Waals surface area contributed by atoms with Crippen LogP contribution in [-0.2, 0) is 16.0 Å². The number of nitrogens with one attached hydrogen (secondary N) is 2. The Hall–Kier alpha value is -2.09. The molecule has 2 aromatic rings. The molecular formula is C21H29BrN2O4. The lowest BCUT2D eigenvalue weighted by atomic mass is 10.0. The van der Waals surface area contributed by atoms with Crippen molar-refractivity contribution in [2.24, 2.45) is 0 Å². The van der Waals surface area contributed by atoms with Crippen LogP contribution in [0.5, 0.6) is 5.75 Å². The number of aromatic hydroxyl groups is 1. The van der Waals surface area contributed by atoms with E-state index in [2.05, 4.69) is 10.6 Å². The Morgan fingerprint density at radius 2 is 1.75 bits per heavy atom. The van der Waals surface area contributed by atoms with Crippen molar-refractivity contribution in [1.29, 1.82) is 0 Å². The van der Waals surface area contributed by atoms with Gasteiger partial charge in [0.1, 0.15) is 12.3 Å². The van der Waals surface area contributed by atoms with Gasteiger partial charge in [0.05, 0.1) is 12.7 Å². The maximum absolute atomic E-state index is 11.3. The third kappa shape index (κ3) is 7.88. The summed E-state index contributed by atoms with van der Waals surface area (Å²) in [5.74, 6) is -0.0845. The Balaban J connectivity index is 0.00000392. The Bertz CT molecular complexity index is 707. The minimum atomic E-state index is -0.639. The van der Waals surface area contributed by atoms with Gasteiger partial charge in [-0.15, -0.1) is 17.0 Å². The molecule has 0 radical (unpaired) electrons. The van der Waals surface area contributed by atoms with Crippen LogP contribution >= 0.6 is 17.0 Å². The van der Waals surface area contributed by atoms with E-state index in [1.165, 1.54) is 0 Å². The van der Waals surface area contributed by atoms with Gasteiger partial charge in [0.2, 0.25) is 0 Å². The van der Waals surface area contributed by atoms with Crippen LogP contribution in [0.2, 0.25) is 0 Å². The summed E-state index contributed by atoms with van der Waals surface area (Å²) in [4.78, 5) is 11.3. The van der Waals surface area contributed by atoms with Crippen molar-refractivity contribution < 1.29 is 19.7 Å². The van der Waals surface area contributed by atoms with Crippen molar-refractivity contribution in [3.05, 3.63) is 59.7 Å². The molecule has 28 heavy (non-hydrogen) atoms. The van der Waals surface area contributed by atoms with Crippen LogP contribution in [0.25, 0.3) is 0 Å². The topological polar surface area (TPSA) is 90.8 Å². The Morgan fingerprint density at radius 1 is 1.11 bits per heavy atom. The van der Waals surface area contributed by atoms with E-state index in [0.29, 0.717) is 6.61 Å². The van der Waals surface area contributed by atoms with Crippen molar-refractivity contribution >= 4 is 28.6 Å². The second-order valence-electron chi connectivity index (χ2n) is 6.38. The zero-order valence-electron chi connectivity index (χ0n) is 16.2. The summed E-state index contributed by atoms with van der Waals surface area (Å²) in [5, 5.41) is 26.0. The van der Waals surface area contributed by atoms with Gasteiger partial charge in [-0.25, -0.2) is 0 Å². The first-order valence-corrected chi connectivity index (χ1v) is 9.18. The van der Waals surface area contributed by atoms with Gasteiger partial charge in [0.25, 0.3) is 0 Å². The highest BCUT2D eigenvalue weighted by atomic mass is 79.9. The molecular weight excluding hydrogens is 424 g/mol. The minimum absolute atomic E-state index is 0. The molecule has 2 atom stereocenters. The normalized spacial score (nSPS) is 12.5. The zero-order chi connectivity index (χ0) is 19.6. The van der Waals surface area contributed by atoms with Crippen LogP contribution in [0.3, 0.4) is 0 Å². The number of anilines is 1. The highest BCUT2D eigenvalue weighted by Gasteiger charge is 2.15. The van der Waals surface area contributed by atoms with E-state index in [9.17, 15) is 15.0 Å². The molecule has 2 rings (SSSR count). The Labute approximate surface area is 176 Å². The number of esters is 1. The zero-order valence-corrected chi connectivity index (χ0v) is 17.9. The summed E-state index contributed by atoms with van der Waals surface area (Å²) >= 11 is 0. The average Bonchev–Trinajstić information content (AvgIpc) is 2.67. The lowest BCUT2D eigenvalue weighted by molar-refractivity contribution is -0.140. The van der Waals surface area contributed by atoms with Crippen LogP contribution < -0.4 is 10.6 Å². The van der Waals surface area contributed by atoms with Gasteiger partial charge < -0.3 is 25.6 Å². The summed E-state index contributed by atoms with van der Waals surface area (Å²) in [6.45, 7) is 4.98. The van der Waals surface area contributed by atoms with Crippen LogP contribution in [0.4, 0.5) is 5.69 Å². The van der Waals surface area contributed by atoms with Crippen molar-refractivity contribution in [1.82, 2.24) is 5.32 Å². The number of hydrogen-bond donors (Lipinski definition) is 4. The second-order valence-corrected chi connectivity index (χ2v) is 6.38. The van der Waals surface area contributed by atoms with E-state index in [4.69, 9.17) is 4.74 Å². The number of aliphatic hydroxyl groups excluding tert-OH is 1. The van der Waals surface area contributed by atoms with Gasteiger partial charge in [-0.2, -0.15) is 0 Å². The minimum Gasteiger partial charge on any atom is -0.508 e. The molecule has 6 nitrogen and oxygen atoms in total. The molecule has 4 N–H and O–H groups in total. The van der Waals surface area contributed by atoms with Crippen LogP contribution in [0.15, 0.2) is 48.5 Å². The number of rotatable bonds is 10. The van der Waals surface area contributed by atoms with Crippen molar-refractivity contribution in [3.63, 3.8) is 0 Å². The van der Waals surface area contributed by atoms with E-state index in [0.717, 1.165) is 29.8 Å². The SMILES string of the molecule is Br.CCOC(=O)CNc1ccc(CCN[C@@H](C)[C@H](O)c2ccc(O)cc2)cc1. The molecule has 0 aliphatic rings. The number of benzene rings is 2. The van der Waals surface area contributed by atoms with Crippen LogP contribution in [0, 0.1) is 0 Å². The molecule has 7 heteroatoms. The van der Waals surface area contributed by atoms with Crippen molar-refractivity contribution in [2.75, 3.05) is 25.0 Å². The summed E-state index contributed by atoms with van der Waals surface area (Å²) in [6.07, 6.45) is 0.185. The fraction of sp³-hybridized carbons (Fsp3) is 0.381. The molecule has 0 spiro atoms. The molecule has 0 unspecified atom stereocenters. The summed E-state index contributed by atoms with van der Waals surface area (Å²) < 4.78 is 4.88. The lowest BCUT2D eigenvalue weighted by Crippen LogP contribution is -2.33. The lowest BCUT2D eigenvalue weighted by Gasteiger charge is -2.21. The molecule has 0 bridgehead atoms. The molecule has 2 aromatic carbocycles. The number of hydrogen-bond acceptors (Lipinski definition) is 6. The number of phenolic OH excluding ortho intramolecular Hbond substituents is 1. The Kier molecular flexibility index (Phi) is 10.6. The van der Waals surface area contributed by atoms with E-state index in [-0.39, 0.29) is 41.3 Å². The molecule has 0 aromatic heterocycles. The van der Waals surface area contributed by atoms with E-state index >= 15 is 0 Å². The first-order chi connectivity index (χ1) is 13.0. The second kappa shape index (κ2) is 12.4. The number of carbonyl (C=O) groups excluding carboxylic acids is 1. The third-order valence-corrected chi connectivity index (χ3v) is 4.28. The molecule has 0 saturated heterocycles. The van der Waals surface area contributed by atoms with E-state index in [1.54, 1.807) is 31.2 Å². The molecule has 0 aliphatic heterocycles. The first kappa shape index (κ1) is 23.9. The summed E-state index contributed by atoms with van der Waals surface area (Å²) in [6, 6.07) is 14.4. The van der Waals surface area contributed by atoms with Gasteiger partial charge in [-0.1, -0.05) is 24.3 Å². The highest BCUT2D eigenvalue weighted by Crippen LogP contribution is 2.19. The molecule has 0 aliphatic carbocycles. The summed E-state index contributed by atoms with van der Waals surface area (Å²) in [7, 11) is 0. The van der Waals surface area contributed by atoms with Gasteiger partial charge in [0, 0.05) is 11.7 Å². The van der Waals surface area contributed by atoms with Crippen molar-refractivity contribution in [3.8, 4) is 5.75 Å². The van der Waals surface area contributed by atoms with Gasteiger partial charge >= 0.3 is 5.97 Å². The van der Waals surface area contributed by atoms with Gasteiger partial charge in [0.15, 0.2) is 0 Å². The summed E-state index contributed by atoms with van der Waals surface area (Å²) in [5.41, 5.74) is 2.80. The molecule has 0 fully saturated rings. The highest BCUT2D eigenvalue weighted by molar-refractivity contribution is 8.93. The quantitative estimate of drug-likeness (QED) is 0.413. The predicted molar refractivity (Wildman–Crippen MR) is 116 cm³/mol. The van der Waals surface area contributed by atoms with Crippen molar-refractivity contribution in [2.45, 2.75) is 32.4 Å². The van der Waals surface area contributed by atoms with Gasteiger partial charge in [-0.3, -0.25) is 4.79 Å². The molecule has 0 amide bonds. The largest absolute Gasteiger partial charge is 0.508 e. The number of ether oxygens (including phenoxy) is 1. The molecule has 0 saturated carbocycles. The Morgan fingerprint density at radius 3 is 2.36 bits per heavy atom. The van der Waals surface area contributed by atoms with Gasteiger partial charge in [-0.05, 0) is 62.2 Å². The number of carbonyl (C=O) groups is 1. The maximum atomic E-state index is 11.3. The van der Waals surface area contributed by atoms with E-state index in [1.807, 2.05) is 31.2 Å².